The number of hydrogen-bond donors (Lipinski definition) is 0. The molecule has 2 heteroatoms. The summed E-state index contributed by atoms with van der Waals surface area (Å²) < 4.78 is 14.6. The van der Waals surface area contributed by atoms with Gasteiger partial charge in [-0.15, -0.1) is 0 Å². The van der Waals surface area contributed by atoms with Gasteiger partial charge in [-0.05, 0) is 32.1 Å². The van der Waals surface area contributed by atoms with Crippen molar-refractivity contribution < 1.29 is 4.57 Å². The fourth-order valence-electron chi connectivity index (χ4n) is 3.85. The molecule has 0 amide bonds. The highest BCUT2D eigenvalue weighted by atomic mass is 31.2. The van der Waals surface area contributed by atoms with Crippen LogP contribution in [0.1, 0.15) is 45.4 Å². The summed E-state index contributed by atoms with van der Waals surface area (Å²) in [5.41, 5.74) is 1.58. The lowest BCUT2D eigenvalue weighted by molar-refractivity contribution is 0.570. The molecule has 1 aliphatic carbocycles. The van der Waals surface area contributed by atoms with Gasteiger partial charge in [0.1, 0.15) is 7.14 Å². The van der Waals surface area contributed by atoms with Crippen LogP contribution in [-0.4, -0.2) is 5.66 Å². The Labute approximate surface area is 146 Å². The minimum Gasteiger partial charge on any atom is -0.313 e. The Kier molecular flexibility index (Phi) is 5.74. The zero-order valence-corrected chi connectivity index (χ0v) is 15.4. The standard InChI is InChI=1S/C22H27OP/c1-2-12-22(19-13-6-3-7-14-19)24(23,20-15-8-4-9-16-20)21-17-10-5-11-18-21/h4-5,8-11,13,15-18,22H,2-3,6-7,12,14H2,1H3. The van der Waals surface area contributed by atoms with E-state index in [1.807, 2.05) is 36.4 Å². The molecule has 0 heterocycles. The summed E-state index contributed by atoms with van der Waals surface area (Å²) in [6.07, 6.45) is 9.17. The molecule has 24 heavy (non-hydrogen) atoms. The maximum atomic E-state index is 14.6. The third kappa shape index (κ3) is 3.42. The Bertz CT molecular complexity index is 675. The van der Waals surface area contributed by atoms with Crippen LogP contribution < -0.4 is 10.6 Å². The molecular weight excluding hydrogens is 311 g/mol. The molecule has 0 bridgehead atoms. The first-order valence-corrected chi connectivity index (χ1v) is 10.9. The molecule has 0 radical (unpaired) electrons. The van der Waals surface area contributed by atoms with E-state index in [4.69, 9.17) is 0 Å². The van der Waals surface area contributed by atoms with Gasteiger partial charge in [-0.3, -0.25) is 0 Å². The molecule has 0 saturated carbocycles. The smallest absolute Gasteiger partial charge is 0.150 e. The fraction of sp³-hybridized carbons (Fsp3) is 0.364. The molecule has 1 unspecified atom stereocenters. The van der Waals surface area contributed by atoms with Gasteiger partial charge in [-0.2, -0.15) is 0 Å². The first-order valence-electron chi connectivity index (χ1n) is 9.16. The van der Waals surface area contributed by atoms with E-state index in [9.17, 15) is 4.57 Å². The van der Waals surface area contributed by atoms with Gasteiger partial charge in [0.05, 0.1) is 0 Å². The molecule has 0 saturated heterocycles. The summed E-state index contributed by atoms with van der Waals surface area (Å²) in [6.45, 7) is 2.21. The molecule has 0 fully saturated rings. The van der Waals surface area contributed by atoms with Crippen molar-refractivity contribution >= 4 is 17.8 Å². The molecule has 0 aromatic heterocycles. The molecule has 0 N–H and O–H groups in total. The Morgan fingerprint density at radius 3 is 1.96 bits per heavy atom. The Hall–Kier alpha value is -1.59. The van der Waals surface area contributed by atoms with Crippen molar-refractivity contribution in [1.29, 1.82) is 0 Å². The highest BCUT2D eigenvalue weighted by Gasteiger charge is 2.38. The van der Waals surface area contributed by atoms with Crippen LogP contribution >= 0.6 is 7.14 Å². The normalized spacial score (nSPS) is 16.5. The summed E-state index contributed by atoms with van der Waals surface area (Å²) in [7, 11) is -2.69. The molecule has 2 aromatic carbocycles. The predicted octanol–water partition coefficient (Wildman–Crippen LogP) is 5.67. The Morgan fingerprint density at radius 1 is 0.917 bits per heavy atom. The van der Waals surface area contributed by atoms with Crippen molar-refractivity contribution in [3.8, 4) is 0 Å². The second-order valence-corrected chi connectivity index (χ2v) is 9.63. The summed E-state index contributed by atoms with van der Waals surface area (Å²) >= 11 is 0. The molecule has 2 aromatic rings. The van der Waals surface area contributed by atoms with Gasteiger partial charge < -0.3 is 4.57 Å². The number of rotatable bonds is 6. The van der Waals surface area contributed by atoms with Crippen molar-refractivity contribution in [2.45, 2.75) is 51.1 Å². The summed E-state index contributed by atoms with van der Waals surface area (Å²) in [5.74, 6) is 0. The fourth-order valence-corrected chi connectivity index (χ4v) is 7.42. The second kappa shape index (κ2) is 7.99. The summed E-state index contributed by atoms with van der Waals surface area (Å²) in [4.78, 5) is 0. The molecule has 0 spiro atoms. The monoisotopic (exact) mass is 338 g/mol. The van der Waals surface area contributed by atoms with E-state index in [-0.39, 0.29) is 5.66 Å². The SMILES string of the molecule is CCCC(C1=CCCCC1)P(=O)(c1ccccc1)c1ccccc1. The van der Waals surface area contributed by atoms with Crippen LogP contribution in [0.2, 0.25) is 0 Å². The lowest BCUT2D eigenvalue weighted by Gasteiger charge is -2.32. The lowest BCUT2D eigenvalue weighted by Crippen LogP contribution is -2.28. The largest absolute Gasteiger partial charge is 0.313 e. The predicted molar refractivity (Wildman–Crippen MR) is 105 cm³/mol. The van der Waals surface area contributed by atoms with Crippen molar-refractivity contribution in [2.75, 3.05) is 0 Å². The van der Waals surface area contributed by atoms with E-state index in [2.05, 4.69) is 37.3 Å². The quantitative estimate of drug-likeness (QED) is 0.490. The Morgan fingerprint density at radius 2 is 1.50 bits per heavy atom. The number of hydrogen-bond acceptors (Lipinski definition) is 1. The van der Waals surface area contributed by atoms with Crippen molar-refractivity contribution in [3.63, 3.8) is 0 Å². The van der Waals surface area contributed by atoms with Crippen LogP contribution in [0.4, 0.5) is 0 Å². The average Bonchev–Trinajstić information content (AvgIpc) is 2.67. The average molecular weight is 338 g/mol. The zero-order chi connectivity index (χ0) is 16.8. The topological polar surface area (TPSA) is 17.1 Å². The van der Waals surface area contributed by atoms with Gasteiger partial charge in [0.15, 0.2) is 0 Å². The third-order valence-corrected chi connectivity index (χ3v) is 8.63. The van der Waals surface area contributed by atoms with Gasteiger partial charge in [0.2, 0.25) is 0 Å². The lowest BCUT2D eigenvalue weighted by atomic mass is 9.95. The molecule has 3 rings (SSSR count). The van der Waals surface area contributed by atoms with E-state index >= 15 is 0 Å². The van der Waals surface area contributed by atoms with Crippen LogP contribution in [0, 0.1) is 0 Å². The summed E-state index contributed by atoms with van der Waals surface area (Å²) in [5, 5.41) is 2.00. The maximum Gasteiger partial charge on any atom is 0.150 e. The highest BCUT2D eigenvalue weighted by Crippen LogP contribution is 2.54. The van der Waals surface area contributed by atoms with Gasteiger partial charge in [-0.1, -0.05) is 85.7 Å². The van der Waals surface area contributed by atoms with E-state index in [0.717, 1.165) is 36.3 Å². The zero-order valence-electron chi connectivity index (χ0n) is 14.5. The maximum absolute atomic E-state index is 14.6. The van der Waals surface area contributed by atoms with Crippen LogP contribution in [0.3, 0.4) is 0 Å². The first-order chi connectivity index (χ1) is 11.8. The van der Waals surface area contributed by atoms with E-state index in [1.165, 1.54) is 18.4 Å². The van der Waals surface area contributed by atoms with Crippen LogP contribution in [0.5, 0.6) is 0 Å². The van der Waals surface area contributed by atoms with Crippen LogP contribution in [-0.2, 0) is 4.57 Å². The van der Waals surface area contributed by atoms with E-state index in [1.54, 1.807) is 0 Å². The molecular formula is C22H27OP. The third-order valence-electron chi connectivity index (χ3n) is 5.03. The van der Waals surface area contributed by atoms with Gasteiger partial charge in [-0.25, -0.2) is 0 Å². The molecule has 1 aliphatic rings. The second-order valence-electron chi connectivity index (χ2n) is 6.66. The molecule has 1 nitrogen and oxygen atoms in total. The summed E-state index contributed by atoms with van der Waals surface area (Å²) in [6, 6.07) is 20.3. The molecule has 0 aliphatic heterocycles. The van der Waals surface area contributed by atoms with Crippen molar-refractivity contribution in [3.05, 3.63) is 72.3 Å². The van der Waals surface area contributed by atoms with Gasteiger partial charge >= 0.3 is 0 Å². The van der Waals surface area contributed by atoms with Crippen LogP contribution in [0.25, 0.3) is 0 Å². The minimum atomic E-state index is -2.69. The minimum absolute atomic E-state index is 0.146. The first kappa shape index (κ1) is 17.2. The Balaban J connectivity index is 2.16. The van der Waals surface area contributed by atoms with E-state index < -0.39 is 7.14 Å². The molecule has 126 valence electrons. The van der Waals surface area contributed by atoms with E-state index in [0.29, 0.717) is 0 Å². The highest BCUT2D eigenvalue weighted by molar-refractivity contribution is 7.79. The number of benzene rings is 2. The number of allylic oxidation sites excluding steroid dienone is 2. The van der Waals surface area contributed by atoms with Crippen molar-refractivity contribution in [2.24, 2.45) is 0 Å². The van der Waals surface area contributed by atoms with Gasteiger partial charge in [0, 0.05) is 16.3 Å². The molecule has 1 atom stereocenters. The van der Waals surface area contributed by atoms with Crippen molar-refractivity contribution in [1.82, 2.24) is 0 Å². The van der Waals surface area contributed by atoms with Gasteiger partial charge in [0.25, 0.3) is 0 Å². The van der Waals surface area contributed by atoms with Crippen LogP contribution in [0.15, 0.2) is 72.3 Å².